The number of thioether (sulfide) groups is 1. The van der Waals surface area contributed by atoms with Crippen LogP contribution in [-0.2, 0) is 4.79 Å². The number of carbonyl (C=O) groups excluding carboxylic acids is 1. The molecule has 0 saturated carbocycles. The van der Waals surface area contributed by atoms with Crippen LogP contribution >= 0.6 is 23.1 Å². The molecule has 1 heterocycles. The molecule has 0 radical (unpaired) electrons. The van der Waals surface area contributed by atoms with Gasteiger partial charge in [0.2, 0.25) is 11.0 Å². The molecule has 1 aromatic heterocycles. The first kappa shape index (κ1) is 19.4. The molecule has 0 aliphatic carbocycles. The van der Waals surface area contributed by atoms with E-state index >= 15 is 0 Å². The minimum Gasteiger partial charge on any atom is -0.360 e. The molecule has 0 saturated heterocycles. The number of hydrogen-bond donors (Lipinski definition) is 2. The van der Waals surface area contributed by atoms with Gasteiger partial charge in [0, 0.05) is 12.2 Å². The Balaban J connectivity index is 1.48. The summed E-state index contributed by atoms with van der Waals surface area (Å²) in [6.45, 7) is 5.14. The van der Waals surface area contributed by atoms with Gasteiger partial charge in [-0.15, -0.1) is 10.2 Å². The molecule has 7 heteroatoms. The van der Waals surface area contributed by atoms with Gasteiger partial charge in [0.1, 0.15) is 0 Å². The van der Waals surface area contributed by atoms with Gasteiger partial charge in [-0.25, -0.2) is 0 Å². The van der Waals surface area contributed by atoms with Gasteiger partial charge >= 0.3 is 0 Å². The molecule has 2 aromatic carbocycles. The number of nitrogens with one attached hydrogen (secondary N) is 2. The van der Waals surface area contributed by atoms with Crippen LogP contribution < -0.4 is 10.6 Å². The van der Waals surface area contributed by atoms with E-state index in [1.54, 1.807) is 0 Å². The molecular weight excluding hydrogens is 376 g/mol. The highest BCUT2D eigenvalue weighted by Crippen LogP contribution is 2.26. The molecule has 0 fully saturated rings. The van der Waals surface area contributed by atoms with Crippen LogP contribution in [-0.4, -0.2) is 28.4 Å². The van der Waals surface area contributed by atoms with Crippen molar-refractivity contribution in [1.29, 1.82) is 0 Å². The fraction of sp³-hybridized carbons (Fsp3) is 0.250. The second-order valence-electron chi connectivity index (χ2n) is 6.43. The molecule has 140 valence electrons. The van der Waals surface area contributed by atoms with Gasteiger partial charge < -0.3 is 10.6 Å². The zero-order valence-electron chi connectivity index (χ0n) is 15.3. The number of nitrogens with zero attached hydrogens (tertiary/aromatic N) is 2. The monoisotopic (exact) mass is 398 g/mol. The van der Waals surface area contributed by atoms with Crippen molar-refractivity contribution in [3.63, 3.8) is 0 Å². The van der Waals surface area contributed by atoms with Gasteiger partial charge in [0.05, 0.1) is 5.75 Å². The Morgan fingerprint density at radius 1 is 1.04 bits per heavy atom. The maximum atomic E-state index is 12.2. The van der Waals surface area contributed by atoms with Crippen molar-refractivity contribution in [2.45, 2.75) is 18.2 Å². The molecule has 5 nitrogen and oxygen atoms in total. The summed E-state index contributed by atoms with van der Waals surface area (Å²) in [4.78, 5) is 12.2. The first-order valence-electron chi connectivity index (χ1n) is 8.75. The minimum atomic E-state index is -0.0562. The third kappa shape index (κ3) is 6.08. The van der Waals surface area contributed by atoms with E-state index in [1.807, 2.05) is 42.5 Å². The molecule has 0 unspecified atom stereocenters. The lowest BCUT2D eigenvalue weighted by molar-refractivity contribution is -0.113. The third-order valence-corrected chi connectivity index (χ3v) is 5.68. The lowest BCUT2D eigenvalue weighted by Gasteiger charge is -2.06. The zero-order chi connectivity index (χ0) is 19.1. The van der Waals surface area contributed by atoms with Crippen molar-refractivity contribution >= 4 is 39.8 Å². The molecule has 27 heavy (non-hydrogen) atoms. The molecule has 0 bridgehead atoms. The summed E-state index contributed by atoms with van der Waals surface area (Å²) < 4.78 is 0.788. The summed E-state index contributed by atoms with van der Waals surface area (Å²) in [6.07, 6.45) is 0. The SMILES string of the molecule is CC(C)CNc1nnc(SCC(=O)Nc2ccc(-c3ccccc3)cc2)s1. The van der Waals surface area contributed by atoms with Gasteiger partial charge in [0.25, 0.3) is 0 Å². The average molecular weight is 399 g/mol. The molecule has 0 spiro atoms. The molecule has 0 aliphatic rings. The maximum absolute atomic E-state index is 12.2. The summed E-state index contributed by atoms with van der Waals surface area (Å²) in [5, 5.41) is 15.2. The second-order valence-corrected chi connectivity index (χ2v) is 8.63. The summed E-state index contributed by atoms with van der Waals surface area (Å²) in [6, 6.07) is 18.0. The van der Waals surface area contributed by atoms with Gasteiger partial charge in [0.15, 0.2) is 4.34 Å². The fourth-order valence-corrected chi connectivity index (χ4v) is 3.89. The van der Waals surface area contributed by atoms with Crippen LogP contribution in [0.25, 0.3) is 11.1 Å². The molecule has 0 aliphatic heterocycles. The smallest absolute Gasteiger partial charge is 0.234 e. The largest absolute Gasteiger partial charge is 0.360 e. The number of rotatable bonds is 8. The van der Waals surface area contributed by atoms with Crippen molar-refractivity contribution in [2.75, 3.05) is 22.9 Å². The second kappa shape index (κ2) is 9.53. The van der Waals surface area contributed by atoms with E-state index in [-0.39, 0.29) is 5.91 Å². The van der Waals surface area contributed by atoms with E-state index in [9.17, 15) is 4.79 Å². The Labute approximate surface area is 167 Å². The maximum Gasteiger partial charge on any atom is 0.234 e. The average Bonchev–Trinajstić information content (AvgIpc) is 3.14. The summed E-state index contributed by atoms with van der Waals surface area (Å²) >= 11 is 2.87. The van der Waals surface area contributed by atoms with Gasteiger partial charge in [-0.3, -0.25) is 4.79 Å². The van der Waals surface area contributed by atoms with E-state index in [0.29, 0.717) is 11.7 Å². The van der Waals surface area contributed by atoms with Crippen molar-refractivity contribution in [3.05, 3.63) is 54.6 Å². The van der Waals surface area contributed by atoms with E-state index in [2.05, 4.69) is 46.8 Å². The first-order chi connectivity index (χ1) is 13.1. The van der Waals surface area contributed by atoms with Gasteiger partial charge in [-0.05, 0) is 29.2 Å². The van der Waals surface area contributed by atoms with Crippen LogP contribution in [0.15, 0.2) is 58.9 Å². The number of hydrogen-bond acceptors (Lipinski definition) is 6. The van der Waals surface area contributed by atoms with E-state index in [4.69, 9.17) is 0 Å². The predicted molar refractivity (Wildman–Crippen MR) is 114 cm³/mol. The number of aromatic nitrogens is 2. The molecule has 3 rings (SSSR count). The summed E-state index contributed by atoms with van der Waals surface area (Å²) in [5.41, 5.74) is 3.07. The van der Waals surface area contributed by atoms with Crippen LogP contribution in [0.2, 0.25) is 0 Å². The Bertz CT molecular complexity index is 863. The highest BCUT2D eigenvalue weighted by Gasteiger charge is 2.09. The highest BCUT2D eigenvalue weighted by atomic mass is 32.2. The van der Waals surface area contributed by atoms with Crippen molar-refractivity contribution in [3.8, 4) is 11.1 Å². The lowest BCUT2D eigenvalue weighted by atomic mass is 10.1. The minimum absolute atomic E-state index is 0.0562. The van der Waals surface area contributed by atoms with Gasteiger partial charge in [-0.2, -0.15) is 0 Å². The molecular formula is C20H22N4OS2. The van der Waals surface area contributed by atoms with Crippen LogP contribution in [0.5, 0.6) is 0 Å². The van der Waals surface area contributed by atoms with Crippen LogP contribution in [0.1, 0.15) is 13.8 Å². The first-order valence-corrected chi connectivity index (χ1v) is 10.6. The van der Waals surface area contributed by atoms with Crippen molar-refractivity contribution in [2.24, 2.45) is 5.92 Å². The van der Waals surface area contributed by atoms with Crippen LogP contribution in [0, 0.1) is 5.92 Å². The lowest BCUT2D eigenvalue weighted by Crippen LogP contribution is -2.13. The zero-order valence-corrected chi connectivity index (χ0v) is 16.9. The number of amides is 1. The van der Waals surface area contributed by atoms with E-state index in [1.165, 1.54) is 23.1 Å². The molecule has 3 aromatic rings. The topological polar surface area (TPSA) is 66.9 Å². The normalized spacial score (nSPS) is 10.8. The summed E-state index contributed by atoms with van der Waals surface area (Å²) in [5.74, 6) is 0.794. The Morgan fingerprint density at radius 3 is 2.44 bits per heavy atom. The standard InChI is InChI=1S/C20H22N4OS2/c1-14(2)12-21-19-23-24-20(27-19)26-13-18(25)22-17-10-8-16(9-11-17)15-6-4-3-5-7-15/h3-11,14H,12-13H2,1-2H3,(H,21,23)(H,22,25). The van der Waals surface area contributed by atoms with E-state index in [0.717, 1.165) is 32.8 Å². The number of anilines is 2. The van der Waals surface area contributed by atoms with Crippen molar-refractivity contribution < 1.29 is 4.79 Å². The Morgan fingerprint density at radius 2 is 1.74 bits per heavy atom. The predicted octanol–water partition coefficient (Wildman–Crippen LogP) is 5.00. The number of carbonyl (C=O) groups is 1. The van der Waals surface area contributed by atoms with Crippen LogP contribution in [0.3, 0.4) is 0 Å². The van der Waals surface area contributed by atoms with E-state index < -0.39 is 0 Å². The Kier molecular flexibility index (Phi) is 6.84. The Hall–Kier alpha value is -2.38. The molecule has 2 N–H and O–H groups in total. The molecule has 1 amide bonds. The quantitative estimate of drug-likeness (QED) is 0.523. The van der Waals surface area contributed by atoms with Gasteiger partial charge in [-0.1, -0.05) is 79.4 Å². The fourth-order valence-electron chi connectivity index (χ4n) is 2.33. The van der Waals surface area contributed by atoms with Crippen molar-refractivity contribution in [1.82, 2.24) is 10.2 Å². The number of benzene rings is 2. The molecule has 0 atom stereocenters. The third-order valence-electron chi connectivity index (χ3n) is 3.67. The summed E-state index contributed by atoms with van der Waals surface area (Å²) in [7, 11) is 0. The van der Waals surface area contributed by atoms with Crippen LogP contribution in [0.4, 0.5) is 10.8 Å². The highest BCUT2D eigenvalue weighted by molar-refractivity contribution is 8.01.